The first-order chi connectivity index (χ1) is 7.47. The van der Waals surface area contributed by atoms with E-state index in [1.54, 1.807) is 19.1 Å². The summed E-state index contributed by atoms with van der Waals surface area (Å²) in [5.41, 5.74) is 0. The van der Waals surface area contributed by atoms with Crippen molar-refractivity contribution in [3.05, 3.63) is 24.3 Å². The van der Waals surface area contributed by atoms with Gasteiger partial charge in [-0.05, 0) is 25.5 Å². The van der Waals surface area contributed by atoms with E-state index in [9.17, 15) is 13.5 Å². The standard InChI is InChI=1S/C11H17NO3S/c1-3-6-9(2)12-16(14,15)11-8-5-4-7-10(11)13/h4-5,7-9,12-13H,3,6H2,1-2H3. The van der Waals surface area contributed by atoms with Gasteiger partial charge in [-0.25, -0.2) is 13.1 Å². The van der Waals surface area contributed by atoms with Crippen LogP contribution in [0.3, 0.4) is 0 Å². The van der Waals surface area contributed by atoms with Crippen molar-refractivity contribution in [1.82, 2.24) is 4.72 Å². The van der Waals surface area contributed by atoms with Crippen LogP contribution in [0.1, 0.15) is 26.7 Å². The Kier molecular flexibility index (Phi) is 4.32. The molecule has 90 valence electrons. The molecule has 0 saturated carbocycles. The number of hydrogen-bond donors (Lipinski definition) is 2. The summed E-state index contributed by atoms with van der Waals surface area (Å²) >= 11 is 0. The molecule has 0 spiro atoms. The Morgan fingerprint density at radius 3 is 2.56 bits per heavy atom. The van der Waals surface area contributed by atoms with E-state index < -0.39 is 10.0 Å². The van der Waals surface area contributed by atoms with Gasteiger partial charge in [0.15, 0.2) is 0 Å². The smallest absolute Gasteiger partial charge is 0.244 e. The summed E-state index contributed by atoms with van der Waals surface area (Å²) in [6.07, 6.45) is 1.68. The van der Waals surface area contributed by atoms with Gasteiger partial charge in [-0.15, -0.1) is 0 Å². The summed E-state index contributed by atoms with van der Waals surface area (Å²) < 4.78 is 26.3. The lowest BCUT2D eigenvalue weighted by atomic mass is 10.2. The molecule has 0 heterocycles. The fourth-order valence-corrected chi connectivity index (χ4v) is 2.88. The van der Waals surface area contributed by atoms with Gasteiger partial charge in [0.1, 0.15) is 10.6 Å². The minimum Gasteiger partial charge on any atom is -0.507 e. The molecular weight excluding hydrogens is 226 g/mol. The van der Waals surface area contributed by atoms with Gasteiger partial charge in [-0.2, -0.15) is 0 Å². The predicted molar refractivity (Wildman–Crippen MR) is 62.8 cm³/mol. The van der Waals surface area contributed by atoms with Gasteiger partial charge in [0.25, 0.3) is 0 Å². The minimum absolute atomic E-state index is 0.0713. The van der Waals surface area contributed by atoms with Crippen molar-refractivity contribution < 1.29 is 13.5 Å². The lowest BCUT2D eigenvalue weighted by Crippen LogP contribution is -2.32. The number of rotatable bonds is 5. The van der Waals surface area contributed by atoms with Gasteiger partial charge >= 0.3 is 0 Å². The number of benzene rings is 1. The molecule has 0 fully saturated rings. The van der Waals surface area contributed by atoms with Crippen LogP contribution >= 0.6 is 0 Å². The maximum atomic E-state index is 11.9. The average Bonchev–Trinajstić information content (AvgIpc) is 2.17. The van der Waals surface area contributed by atoms with E-state index in [1.165, 1.54) is 12.1 Å². The van der Waals surface area contributed by atoms with Crippen molar-refractivity contribution in [2.75, 3.05) is 0 Å². The largest absolute Gasteiger partial charge is 0.507 e. The van der Waals surface area contributed by atoms with Gasteiger partial charge in [-0.3, -0.25) is 0 Å². The van der Waals surface area contributed by atoms with Gasteiger partial charge in [-0.1, -0.05) is 25.5 Å². The average molecular weight is 243 g/mol. The second-order valence-corrected chi connectivity index (χ2v) is 5.46. The summed E-state index contributed by atoms with van der Waals surface area (Å²) in [6, 6.07) is 5.78. The van der Waals surface area contributed by atoms with Crippen molar-refractivity contribution >= 4 is 10.0 Å². The maximum Gasteiger partial charge on any atom is 0.244 e. The predicted octanol–water partition coefficient (Wildman–Crippen LogP) is 1.86. The molecule has 0 aliphatic heterocycles. The highest BCUT2D eigenvalue weighted by atomic mass is 32.2. The quantitative estimate of drug-likeness (QED) is 0.829. The molecule has 4 nitrogen and oxygen atoms in total. The van der Waals surface area contributed by atoms with Crippen molar-refractivity contribution in [2.45, 2.75) is 37.6 Å². The van der Waals surface area contributed by atoms with E-state index in [0.717, 1.165) is 12.8 Å². The number of phenolic OH excluding ortho intramolecular Hbond substituents is 1. The molecule has 1 atom stereocenters. The van der Waals surface area contributed by atoms with Crippen LogP contribution in [0.2, 0.25) is 0 Å². The third kappa shape index (κ3) is 3.21. The highest BCUT2D eigenvalue weighted by Crippen LogP contribution is 2.21. The Labute approximate surface area is 96.4 Å². The van der Waals surface area contributed by atoms with E-state index in [-0.39, 0.29) is 16.7 Å². The second kappa shape index (κ2) is 5.32. The van der Waals surface area contributed by atoms with E-state index in [1.807, 2.05) is 6.92 Å². The van der Waals surface area contributed by atoms with Gasteiger partial charge < -0.3 is 5.11 Å². The molecule has 1 aromatic carbocycles. The topological polar surface area (TPSA) is 66.4 Å². The van der Waals surface area contributed by atoms with Crippen LogP contribution < -0.4 is 4.72 Å². The van der Waals surface area contributed by atoms with Crippen molar-refractivity contribution in [1.29, 1.82) is 0 Å². The normalized spacial score (nSPS) is 13.6. The Morgan fingerprint density at radius 1 is 1.38 bits per heavy atom. The molecule has 1 aromatic rings. The van der Waals surface area contributed by atoms with Crippen molar-refractivity contribution in [3.8, 4) is 5.75 Å². The van der Waals surface area contributed by atoms with Crippen molar-refractivity contribution in [3.63, 3.8) is 0 Å². The minimum atomic E-state index is -3.61. The van der Waals surface area contributed by atoms with Crippen LogP contribution in [-0.2, 0) is 10.0 Å². The molecule has 0 amide bonds. The third-order valence-electron chi connectivity index (χ3n) is 2.23. The van der Waals surface area contributed by atoms with Crippen LogP contribution in [0.4, 0.5) is 0 Å². The molecular formula is C11H17NO3S. The first-order valence-electron chi connectivity index (χ1n) is 5.27. The summed E-state index contributed by atoms with van der Waals surface area (Å²) in [4.78, 5) is -0.0713. The Hall–Kier alpha value is -1.07. The molecule has 1 rings (SSSR count). The Bertz CT molecular complexity index is 442. The summed E-state index contributed by atoms with van der Waals surface area (Å²) in [5, 5.41) is 9.47. The molecule has 0 aliphatic rings. The third-order valence-corrected chi connectivity index (χ3v) is 3.87. The highest BCUT2D eigenvalue weighted by Gasteiger charge is 2.19. The van der Waals surface area contributed by atoms with E-state index in [0.29, 0.717) is 0 Å². The molecule has 0 aliphatic carbocycles. The fraction of sp³-hybridized carbons (Fsp3) is 0.455. The van der Waals surface area contributed by atoms with Crippen molar-refractivity contribution in [2.24, 2.45) is 0 Å². The Morgan fingerprint density at radius 2 is 2.00 bits per heavy atom. The highest BCUT2D eigenvalue weighted by molar-refractivity contribution is 7.89. The molecule has 5 heteroatoms. The number of hydrogen-bond acceptors (Lipinski definition) is 3. The van der Waals surface area contributed by atoms with Gasteiger partial charge in [0.05, 0.1) is 0 Å². The number of para-hydroxylation sites is 1. The van der Waals surface area contributed by atoms with Gasteiger partial charge in [0.2, 0.25) is 10.0 Å². The van der Waals surface area contributed by atoms with Crippen LogP contribution in [-0.4, -0.2) is 19.6 Å². The van der Waals surface area contributed by atoms with Crippen LogP contribution in [0.15, 0.2) is 29.2 Å². The summed E-state index contributed by atoms with van der Waals surface area (Å²) in [5.74, 6) is -0.223. The molecule has 0 saturated heterocycles. The first kappa shape index (κ1) is 13.0. The van der Waals surface area contributed by atoms with E-state index in [2.05, 4.69) is 4.72 Å². The molecule has 0 aromatic heterocycles. The SMILES string of the molecule is CCCC(C)NS(=O)(=O)c1ccccc1O. The fourth-order valence-electron chi connectivity index (χ4n) is 1.50. The molecule has 16 heavy (non-hydrogen) atoms. The number of sulfonamides is 1. The Balaban J connectivity index is 2.91. The van der Waals surface area contributed by atoms with E-state index in [4.69, 9.17) is 0 Å². The lowest BCUT2D eigenvalue weighted by Gasteiger charge is -2.13. The zero-order valence-electron chi connectivity index (χ0n) is 9.47. The summed E-state index contributed by atoms with van der Waals surface area (Å²) in [7, 11) is -3.61. The monoisotopic (exact) mass is 243 g/mol. The maximum absolute atomic E-state index is 11.9. The molecule has 0 bridgehead atoms. The zero-order valence-corrected chi connectivity index (χ0v) is 10.3. The second-order valence-electron chi connectivity index (χ2n) is 3.78. The number of aromatic hydroxyl groups is 1. The van der Waals surface area contributed by atoms with Crippen LogP contribution in [0, 0.1) is 0 Å². The van der Waals surface area contributed by atoms with Gasteiger partial charge in [0, 0.05) is 6.04 Å². The molecule has 2 N–H and O–H groups in total. The van der Waals surface area contributed by atoms with Crippen LogP contribution in [0.5, 0.6) is 5.75 Å². The number of phenols is 1. The molecule has 1 unspecified atom stereocenters. The first-order valence-corrected chi connectivity index (χ1v) is 6.76. The van der Waals surface area contributed by atoms with Crippen LogP contribution in [0.25, 0.3) is 0 Å². The molecule has 0 radical (unpaired) electrons. The zero-order chi connectivity index (χ0) is 12.2. The number of nitrogens with one attached hydrogen (secondary N) is 1. The lowest BCUT2D eigenvalue weighted by molar-refractivity contribution is 0.456. The van der Waals surface area contributed by atoms with E-state index >= 15 is 0 Å². The summed E-state index contributed by atoms with van der Waals surface area (Å²) in [6.45, 7) is 3.80.